The summed E-state index contributed by atoms with van der Waals surface area (Å²) in [5.74, 6) is -0.156. The zero-order valence-electron chi connectivity index (χ0n) is 18.1. The van der Waals surface area contributed by atoms with Crippen molar-refractivity contribution in [3.8, 4) is 5.69 Å². The average molecular weight is 472 g/mol. The zero-order chi connectivity index (χ0) is 22.7. The van der Waals surface area contributed by atoms with E-state index < -0.39 is 0 Å². The SMILES string of the molecule is CCOC(=O)C1CCN(C(=O)CSc2nc3ccsc3c(=O)n2-c2ccccc2C)CC1. The maximum atomic E-state index is 13.2. The number of carbonyl (C=O) groups is 2. The van der Waals surface area contributed by atoms with Gasteiger partial charge in [-0.2, -0.15) is 0 Å². The lowest BCUT2D eigenvalue weighted by Gasteiger charge is -2.30. The Morgan fingerprint density at radius 1 is 1.22 bits per heavy atom. The molecule has 168 valence electrons. The van der Waals surface area contributed by atoms with Gasteiger partial charge in [-0.05, 0) is 49.8 Å². The fourth-order valence-corrected chi connectivity index (χ4v) is 5.53. The van der Waals surface area contributed by atoms with E-state index in [0.717, 1.165) is 11.3 Å². The number of hydrogen-bond acceptors (Lipinski definition) is 7. The van der Waals surface area contributed by atoms with Crippen LogP contribution in [-0.4, -0.2) is 51.8 Å². The van der Waals surface area contributed by atoms with Crippen molar-refractivity contribution in [1.29, 1.82) is 0 Å². The minimum Gasteiger partial charge on any atom is -0.466 e. The maximum Gasteiger partial charge on any atom is 0.309 e. The van der Waals surface area contributed by atoms with Crippen LogP contribution < -0.4 is 5.56 Å². The highest BCUT2D eigenvalue weighted by Crippen LogP contribution is 2.26. The third-order valence-corrected chi connectivity index (χ3v) is 7.41. The number of ether oxygens (including phenoxy) is 1. The normalized spacial score (nSPS) is 14.6. The number of para-hydroxylation sites is 1. The Labute approximate surface area is 194 Å². The number of aryl methyl sites for hydroxylation is 1. The first kappa shape index (κ1) is 22.5. The summed E-state index contributed by atoms with van der Waals surface area (Å²) in [6.07, 6.45) is 1.23. The van der Waals surface area contributed by atoms with Gasteiger partial charge in [-0.25, -0.2) is 4.98 Å². The summed E-state index contributed by atoms with van der Waals surface area (Å²) in [7, 11) is 0. The molecule has 0 N–H and O–H groups in total. The van der Waals surface area contributed by atoms with Crippen molar-refractivity contribution in [2.75, 3.05) is 25.4 Å². The number of rotatable bonds is 6. The molecule has 0 atom stereocenters. The first-order chi connectivity index (χ1) is 15.5. The number of fused-ring (bicyclic) bond motifs is 1. The van der Waals surface area contributed by atoms with Crippen LogP contribution in [0.4, 0.5) is 0 Å². The molecule has 1 amide bonds. The second kappa shape index (κ2) is 9.87. The first-order valence-electron chi connectivity index (χ1n) is 10.6. The molecule has 1 saturated heterocycles. The Morgan fingerprint density at radius 2 is 1.97 bits per heavy atom. The highest BCUT2D eigenvalue weighted by molar-refractivity contribution is 7.99. The molecule has 1 aliphatic rings. The van der Waals surface area contributed by atoms with E-state index in [0.29, 0.717) is 47.9 Å². The van der Waals surface area contributed by atoms with Crippen LogP contribution >= 0.6 is 23.1 Å². The summed E-state index contributed by atoms with van der Waals surface area (Å²) in [4.78, 5) is 44.5. The molecular weight excluding hydrogens is 446 g/mol. The number of esters is 1. The minimum atomic E-state index is -0.176. The van der Waals surface area contributed by atoms with Crippen LogP contribution in [0.25, 0.3) is 15.9 Å². The smallest absolute Gasteiger partial charge is 0.309 e. The molecule has 0 spiro atoms. The fourth-order valence-electron chi connectivity index (χ4n) is 3.86. The molecule has 2 aromatic heterocycles. The van der Waals surface area contributed by atoms with E-state index in [1.807, 2.05) is 42.6 Å². The molecule has 4 rings (SSSR count). The summed E-state index contributed by atoms with van der Waals surface area (Å²) >= 11 is 2.65. The third-order valence-electron chi connectivity index (χ3n) is 5.60. The standard InChI is InChI=1S/C23H25N3O4S2/c1-3-30-22(29)16-8-11-25(12-9-16)19(27)14-32-23-24-17-10-13-31-20(17)21(28)26(23)18-7-5-4-6-15(18)2/h4-7,10,13,16H,3,8-9,11-12,14H2,1-2H3. The van der Waals surface area contributed by atoms with Crippen molar-refractivity contribution in [3.05, 3.63) is 51.6 Å². The number of benzene rings is 1. The summed E-state index contributed by atoms with van der Waals surface area (Å²) in [6.45, 7) is 5.19. The van der Waals surface area contributed by atoms with Crippen LogP contribution in [0, 0.1) is 12.8 Å². The quantitative estimate of drug-likeness (QED) is 0.310. The summed E-state index contributed by atoms with van der Waals surface area (Å²) in [6, 6.07) is 9.49. The van der Waals surface area contributed by atoms with Gasteiger partial charge in [0.05, 0.1) is 29.5 Å². The monoisotopic (exact) mass is 471 g/mol. The molecule has 1 aromatic carbocycles. The van der Waals surface area contributed by atoms with E-state index in [9.17, 15) is 14.4 Å². The van der Waals surface area contributed by atoms with Crippen LogP contribution in [-0.2, 0) is 14.3 Å². The molecule has 0 radical (unpaired) electrons. The molecule has 9 heteroatoms. The van der Waals surface area contributed by atoms with E-state index in [1.54, 1.807) is 16.4 Å². The Morgan fingerprint density at radius 3 is 2.69 bits per heavy atom. The van der Waals surface area contributed by atoms with Gasteiger partial charge in [-0.15, -0.1) is 11.3 Å². The molecule has 0 unspecified atom stereocenters. The lowest BCUT2D eigenvalue weighted by atomic mass is 9.97. The van der Waals surface area contributed by atoms with Crippen molar-refractivity contribution in [2.45, 2.75) is 31.8 Å². The molecule has 1 aliphatic heterocycles. The molecule has 0 bridgehead atoms. The summed E-state index contributed by atoms with van der Waals surface area (Å²) in [5, 5.41) is 2.36. The molecule has 0 aliphatic carbocycles. The number of carbonyl (C=O) groups excluding carboxylic acids is 2. The summed E-state index contributed by atoms with van der Waals surface area (Å²) < 4.78 is 7.31. The fraction of sp³-hybridized carbons (Fsp3) is 0.391. The van der Waals surface area contributed by atoms with Crippen LogP contribution in [0.5, 0.6) is 0 Å². The van der Waals surface area contributed by atoms with E-state index in [4.69, 9.17) is 9.72 Å². The number of thiophene rings is 1. The van der Waals surface area contributed by atoms with E-state index >= 15 is 0 Å². The predicted molar refractivity (Wildman–Crippen MR) is 127 cm³/mol. The van der Waals surface area contributed by atoms with Gasteiger partial charge in [0, 0.05) is 13.1 Å². The van der Waals surface area contributed by atoms with Crippen molar-refractivity contribution < 1.29 is 14.3 Å². The van der Waals surface area contributed by atoms with Gasteiger partial charge in [-0.3, -0.25) is 19.0 Å². The Hall–Kier alpha value is -2.65. The number of likely N-dealkylation sites (tertiary alicyclic amines) is 1. The van der Waals surface area contributed by atoms with E-state index in [1.165, 1.54) is 23.1 Å². The maximum absolute atomic E-state index is 13.2. The number of amides is 1. The lowest BCUT2D eigenvalue weighted by Crippen LogP contribution is -2.41. The molecule has 1 fully saturated rings. The van der Waals surface area contributed by atoms with Crippen LogP contribution in [0.3, 0.4) is 0 Å². The number of nitrogens with zero attached hydrogens (tertiary/aromatic N) is 3. The van der Waals surface area contributed by atoms with E-state index in [2.05, 4.69) is 0 Å². The van der Waals surface area contributed by atoms with Crippen molar-refractivity contribution in [3.63, 3.8) is 0 Å². The number of hydrogen-bond donors (Lipinski definition) is 0. The highest BCUT2D eigenvalue weighted by Gasteiger charge is 2.28. The van der Waals surface area contributed by atoms with Gasteiger partial charge in [0.2, 0.25) is 5.91 Å². The van der Waals surface area contributed by atoms with Crippen molar-refractivity contribution >= 4 is 45.2 Å². The van der Waals surface area contributed by atoms with Crippen LogP contribution in [0.15, 0.2) is 45.7 Å². The number of aromatic nitrogens is 2. The number of piperidine rings is 1. The largest absolute Gasteiger partial charge is 0.466 e. The molecule has 32 heavy (non-hydrogen) atoms. The van der Waals surface area contributed by atoms with Gasteiger partial charge in [0.1, 0.15) is 4.70 Å². The van der Waals surface area contributed by atoms with Crippen LogP contribution in [0.1, 0.15) is 25.3 Å². The second-order valence-corrected chi connectivity index (χ2v) is 9.51. The van der Waals surface area contributed by atoms with Crippen molar-refractivity contribution in [1.82, 2.24) is 14.5 Å². The van der Waals surface area contributed by atoms with E-state index in [-0.39, 0.29) is 29.1 Å². The van der Waals surface area contributed by atoms with Gasteiger partial charge < -0.3 is 9.64 Å². The molecule has 3 heterocycles. The average Bonchev–Trinajstić information content (AvgIpc) is 3.28. The topological polar surface area (TPSA) is 81.5 Å². The summed E-state index contributed by atoms with van der Waals surface area (Å²) in [5.41, 5.74) is 2.26. The Bertz CT molecular complexity index is 1200. The van der Waals surface area contributed by atoms with Gasteiger partial charge in [0.25, 0.3) is 5.56 Å². The van der Waals surface area contributed by atoms with Crippen molar-refractivity contribution in [2.24, 2.45) is 5.92 Å². The van der Waals surface area contributed by atoms with Gasteiger partial charge in [-0.1, -0.05) is 30.0 Å². The van der Waals surface area contributed by atoms with Crippen LogP contribution in [0.2, 0.25) is 0 Å². The van der Waals surface area contributed by atoms with Gasteiger partial charge >= 0.3 is 5.97 Å². The highest BCUT2D eigenvalue weighted by atomic mass is 32.2. The first-order valence-corrected chi connectivity index (χ1v) is 12.5. The Balaban J connectivity index is 1.52. The molecular formula is C23H25N3O4S2. The molecule has 3 aromatic rings. The van der Waals surface area contributed by atoms with Gasteiger partial charge in [0.15, 0.2) is 5.16 Å². The molecule has 0 saturated carbocycles. The Kier molecular flexibility index (Phi) is 6.95. The minimum absolute atomic E-state index is 0.0201. The molecule has 7 nitrogen and oxygen atoms in total. The predicted octanol–water partition coefficient (Wildman–Crippen LogP) is 3.65. The second-order valence-electron chi connectivity index (χ2n) is 7.65. The number of thioether (sulfide) groups is 1. The third kappa shape index (κ3) is 4.59. The lowest BCUT2D eigenvalue weighted by molar-refractivity contribution is -0.151. The zero-order valence-corrected chi connectivity index (χ0v) is 19.7.